The molecule has 250 valence electrons. The highest BCUT2D eigenvalue weighted by Gasteiger charge is 2.44. The Hall–Kier alpha value is -3.66. The van der Waals surface area contributed by atoms with Crippen molar-refractivity contribution < 1.29 is 33.6 Å². The monoisotopic (exact) mass is 634 g/mol. The normalized spacial score (nSPS) is 20.6. The Morgan fingerprint density at radius 2 is 1.70 bits per heavy atom. The zero-order valence-corrected chi connectivity index (χ0v) is 26.8. The van der Waals surface area contributed by atoms with Gasteiger partial charge in [-0.15, -0.1) is 13.2 Å². The highest BCUT2D eigenvalue weighted by Crippen LogP contribution is 2.33. The van der Waals surface area contributed by atoms with Gasteiger partial charge >= 0.3 is 12.2 Å². The highest BCUT2D eigenvalue weighted by molar-refractivity contribution is 5.69. The Kier molecular flexibility index (Phi) is 14.6. The van der Waals surface area contributed by atoms with Crippen LogP contribution in [0.4, 0.5) is 9.59 Å². The van der Waals surface area contributed by atoms with E-state index in [9.17, 15) is 14.7 Å². The molecule has 2 aliphatic heterocycles. The van der Waals surface area contributed by atoms with Gasteiger partial charge in [-0.2, -0.15) is 0 Å². The van der Waals surface area contributed by atoms with E-state index < -0.39 is 36.5 Å². The quantitative estimate of drug-likeness (QED) is 0.130. The van der Waals surface area contributed by atoms with Crippen LogP contribution in [0.1, 0.15) is 68.6 Å². The molecule has 6 atom stereocenters. The van der Waals surface area contributed by atoms with Crippen LogP contribution in [0.2, 0.25) is 0 Å². The third-order valence-electron chi connectivity index (χ3n) is 8.61. The Bertz CT molecular complexity index is 1210. The summed E-state index contributed by atoms with van der Waals surface area (Å²) < 4.78 is 23.0. The molecule has 2 aromatic carbocycles. The molecule has 2 heterocycles. The number of ether oxygens (including phenoxy) is 4. The van der Waals surface area contributed by atoms with Crippen LogP contribution >= 0.6 is 0 Å². The topological polar surface area (TPSA) is 107 Å². The molecule has 0 spiro atoms. The van der Waals surface area contributed by atoms with E-state index in [1.807, 2.05) is 66.7 Å². The Morgan fingerprint density at radius 3 is 2.43 bits per heavy atom. The van der Waals surface area contributed by atoms with Crippen LogP contribution in [0.15, 0.2) is 86.0 Å². The molecule has 2 saturated heterocycles. The number of nitrogens with zero attached hydrogens (tertiary/aromatic N) is 1. The molecule has 2 fully saturated rings. The van der Waals surface area contributed by atoms with Crippen LogP contribution in [0.3, 0.4) is 0 Å². The molecule has 0 radical (unpaired) electrons. The summed E-state index contributed by atoms with van der Waals surface area (Å²) in [7, 11) is 0. The summed E-state index contributed by atoms with van der Waals surface area (Å²) in [5.74, 6) is -0.00378. The van der Waals surface area contributed by atoms with Gasteiger partial charge in [-0.3, -0.25) is 0 Å². The molecule has 2 aromatic rings. The second-order valence-electron chi connectivity index (χ2n) is 12.1. The number of alkyl carbamates (subject to hydrolysis) is 1. The smallest absolute Gasteiger partial charge is 0.410 e. The van der Waals surface area contributed by atoms with Crippen molar-refractivity contribution in [2.24, 2.45) is 5.92 Å². The predicted octanol–water partition coefficient (Wildman–Crippen LogP) is 6.73. The molecule has 4 rings (SSSR count). The van der Waals surface area contributed by atoms with Crippen molar-refractivity contribution in [2.75, 3.05) is 26.3 Å². The molecule has 0 saturated carbocycles. The van der Waals surface area contributed by atoms with E-state index in [0.29, 0.717) is 19.4 Å². The first-order valence-electron chi connectivity index (χ1n) is 16.6. The fourth-order valence-electron chi connectivity index (χ4n) is 6.06. The molecule has 2 aliphatic rings. The second kappa shape index (κ2) is 19.1. The summed E-state index contributed by atoms with van der Waals surface area (Å²) in [5, 5.41) is 14.3. The van der Waals surface area contributed by atoms with Gasteiger partial charge in [0.05, 0.1) is 37.8 Å². The summed E-state index contributed by atoms with van der Waals surface area (Å²) >= 11 is 0. The fourth-order valence-corrected chi connectivity index (χ4v) is 6.06. The van der Waals surface area contributed by atoms with Crippen molar-refractivity contribution in [1.29, 1.82) is 0 Å². The molecular weight excluding hydrogens is 584 g/mol. The zero-order valence-electron chi connectivity index (χ0n) is 26.8. The van der Waals surface area contributed by atoms with Gasteiger partial charge in [0.15, 0.2) is 6.29 Å². The van der Waals surface area contributed by atoms with Gasteiger partial charge in [-0.25, -0.2) is 9.59 Å². The molecule has 9 heteroatoms. The molecular formula is C37H50N2O7. The van der Waals surface area contributed by atoms with Gasteiger partial charge in [-0.05, 0) is 49.7 Å². The first-order chi connectivity index (χ1) is 22.5. The van der Waals surface area contributed by atoms with Crippen molar-refractivity contribution in [3.8, 4) is 0 Å². The largest absolute Gasteiger partial charge is 0.443 e. The number of amides is 2. The third kappa shape index (κ3) is 11.0. The number of fused-ring (bicyclic) bond motifs is 1. The van der Waals surface area contributed by atoms with E-state index in [4.69, 9.17) is 18.9 Å². The Morgan fingerprint density at radius 1 is 0.978 bits per heavy atom. The number of hydrogen-bond donors (Lipinski definition) is 2. The van der Waals surface area contributed by atoms with Crippen LogP contribution in [0, 0.1) is 5.92 Å². The number of aliphatic hydroxyl groups excluding tert-OH is 1. The zero-order chi connectivity index (χ0) is 32.6. The van der Waals surface area contributed by atoms with Gasteiger partial charge in [0.2, 0.25) is 0 Å². The van der Waals surface area contributed by atoms with E-state index in [0.717, 1.165) is 56.1 Å². The van der Waals surface area contributed by atoms with Crippen LogP contribution in [-0.4, -0.2) is 73.0 Å². The third-order valence-corrected chi connectivity index (χ3v) is 8.61. The number of aliphatic hydroxyl groups is 1. The van der Waals surface area contributed by atoms with Gasteiger partial charge in [0.1, 0.15) is 12.2 Å². The number of hydrogen-bond acceptors (Lipinski definition) is 7. The van der Waals surface area contributed by atoms with Gasteiger partial charge < -0.3 is 34.3 Å². The maximum Gasteiger partial charge on any atom is 0.410 e. The molecule has 2 amide bonds. The summed E-state index contributed by atoms with van der Waals surface area (Å²) in [5.41, 5.74) is 1.85. The van der Waals surface area contributed by atoms with Crippen molar-refractivity contribution >= 4 is 12.2 Å². The van der Waals surface area contributed by atoms with Gasteiger partial charge in [-0.1, -0.05) is 92.1 Å². The lowest BCUT2D eigenvalue weighted by molar-refractivity contribution is -0.0907. The Balaban J connectivity index is 1.39. The molecule has 0 aliphatic carbocycles. The van der Waals surface area contributed by atoms with Crippen LogP contribution < -0.4 is 5.32 Å². The van der Waals surface area contributed by atoms with E-state index in [1.54, 1.807) is 6.08 Å². The van der Waals surface area contributed by atoms with Crippen molar-refractivity contribution in [3.63, 3.8) is 0 Å². The minimum atomic E-state index is -1.12. The maximum absolute atomic E-state index is 13.6. The molecule has 46 heavy (non-hydrogen) atoms. The number of rotatable bonds is 19. The number of unbranched alkanes of at least 4 members (excludes halogenated alkanes) is 5. The summed E-state index contributed by atoms with van der Waals surface area (Å²) in [4.78, 5) is 28.1. The number of nitrogens with one attached hydrogen (secondary N) is 1. The first kappa shape index (κ1) is 35.2. The van der Waals surface area contributed by atoms with Gasteiger partial charge in [0, 0.05) is 6.54 Å². The van der Waals surface area contributed by atoms with Crippen molar-refractivity contribution in [1.82, 2.24) is 10.2 Å². The van der Waals surface area contributed by atoms with E-state index in [1.165, 1.54) is 4.90 Å². The predicted molar refractivity (Wildman–Crippen MR) is 177 cm³/mol. The average molecular weight is 635 g/mol. The molecule has 0 bridgehead atoms. The number of carbonyl (C=O) groups is 2. The van der Waals surface area contributed by atoms with Crippen molar-refractivity contribution in [2.45, 2.75) is 88.4 Å². The lowest BCUT2D eigenvalue weighted by Gasteiger charge is -2.30. The van der Waals surface area contributed by atoms with E-state index >= 15 is 0 Å². The SMILES string of the molecule is C=CCCCCCCCC(OC(=O)N(CC=C)C[C@@H](O)[C@H](Cc1ccccc1)NC(=O)O[C@H]1CO[C@H]2OCC[C@H]21)c1ccccc1. The molecule has 9 nitrogen and oxygen atoms in total. The molecule has 1 unspecified atom stereocenters. The van der Waals surface area contributed by atoms with E-state index in [-0.39, 0.29) is 31.9 Å². The summed E-state index contributed by atoms with van der Waals surface area (Å²) in [6.07, 6.45) is 8.29. The number of carbonyl (C=O) groups excluding carboxylic acids is 2. The fraction of sp³-hybridized carbons (Fsp3) is 0.514. The van der Waals surface area contributed by atoms with Crippen molar-refractivity contribution in [3.05, 3.63) is 97.1 Å². The first-order valence-corrected chi connectivity index (χ1v) is 16.6. The lowest BCUT2D eigenvalue weighted by Crippen LogP contribution is -2.51. The Labute approximate surface area is 273 Å². The lowest BCUT2D eigenvalue weighted by atomic mass is 10.0. The van der Waals surface area contributed by atoms with Crippen LogP contribution in [0.5, 0.6) is 0 Å². The number of allylic oxidation sites excluding steroid dienone is 1. The molecule has 2 N–H and O–H groups in total. The summed E-state index contributed by atoms with van der Waals surface area (Å²) in [6, 6.07) is 18.6. The van der Waals surface area contributed by atoms with E-state index in [2.05, 4.69) is 18.5 Å². The standard InChI is InChI=1S/C37H50N2O7/c1-3-5-6-7-8-9-16-21-33(29-19-14-11-15-20-29)46-37(42)39(23-4-2)26-32(40)31(25-28-17-12-10-13-18-28)38-36(41)45-34-27-44-35-30(34)22-24-43-35/h3-4,10-15,17-20,30-35,40H,1-2,5-9,16,21-27H2,(H,38,41)/t30-,31-,32+,33?,34-,35+/m0/s1. The highest BCUT2D eigenvalue weighted by atomic mass is 16.7. The molecule has 0 aromatic heterocycles. The minimum Gasteiger partial charge on any atom is -0.443 e. The maximum atomic E-state index is 13.6. The minimum absolute atomic E-state index is 0.00378. The van der Waals surface area contributed by atoms with Crippen LogP contribution in [0.25, 0.3) is 0 Å². The summed E-state index contributed by atoms with van der Waals surface area (Å²) in [6.45, 7) is 8.54. The van der Waals surface area contributed by atoms with Crippen LogP contribution in [-0.2, 0) is 25.4 Å². The second-order valence-corrected chi connectivity index (χ2v) is 12.1. The number of benzene rings is 2. The van der Waals surface area contributed by atoms with Gasteiger partial charge in [0.25, 0.3) is 0 Å². The average Bonchev–Trinajstić information content (AvgIpc) is 3.69.